The Morgan fingerprint density at radius 2 is 1.95 bits per heavy atom. The molecule has 2 aromatic rings. The maximum atomic E-state index is 13.5. The Morgan fingerprint density at radius 1 is 1.23 bits per heavy atom. The number of hydrazone groups is 1. The van der Waals surface area contributed by atoms with Crippen LogP contribution >= 0.6 is 0 Å². The van der Waals surface area contributed by atoms with Crippen LogP contribution in [0.4, 0.5) is 14.5 Å². The van der Waals surface area contributed by atoms with Gasteiger partial charge >= 0.3 is 0 Å². The highest BCUT2D eigenvalue weighted by Crippen LogP contribution is 2.16. The molecular weight excluding hydrogens is 288 g/mol. The molecule has 0 saturated carbocycles. The van der Waals surface area contributed by atoms with Crippen LogP contribution in [0.2, 0.25) is 0 Å². The lowest BCUT2D eigenvalue weighted by Gasteiger charge is -2.06. The van der Waals surface area contributed by atoms with Crippen LogP contribution in [0.5, 0.6) is 5.75 Å². The summed E-state index contributed by atoms with van der Waals surface area (Å²) in [6.07, 6.45) is 0. The van der Waals surface area contributed by atoms with Crippen molar-refractivity contribution in [2.24, 2.45) is 5.10 Å². The smallest absolute Gasteiger partial charge is 0.174 e. The van der Waals surface area contributed by atoms with Gasteiger partial charge in [-0.15, -0.1) is 0 Å². The summed E-state index contributed by atoms with van der Waals surface area (Å²) in [5.74, 6) is -0.774. The first-order valence-electron chi connectivity index (χ1n) is 6.45. The molecule has 6 heteroatoms. The molecule has 0 heterocycles. The second-order valence-electron chi connectivity index (χ2n) is 4.40. The molecular formula is C16H13F2N3O. The third-order valence-electron chi connectivity index (χ3n) is 2.85. The van der Waals surface area contributed by atoms with Crippen LogP contribution in [-0.4, -0.2) is 12.3 Å². The van der Waals surface area contributed by atoms with E-state index in [9.17, 15) is 8.78 Å². The Bertz CT molecular complexity index is 721. The van der Waals surface area contributed by atoms with Crippen LogP contribution in [0.25, 0.3) is 0 Å². The molecule has 1 N–H and O–H groups in total. The molecule has 112 valence electrons. The quantitative estimate of drug-likeness (QED) is 0.676. The third-order valence-corrected chi connectivity index (χ3v) is 2.85. The Morgan fingerprint density at radius 3 is 2.59 bits per heavy atom. The van der Waals surface area contributed by atoms with Gasteiger partial charge in [-0.1, -0.05) is 0 Å². The van der Waals surface area contributed by atoms with Gasteiger partial charge in [-0.2, -0.15) is 10.4 Å². The van der Waals surface area contributed by atoms with Crippen LogP contribution < -0.4 is 10.2 Å². The number of anilines is 1. The molecule has 0 amide bonds. The molecule has 0 spiro atoms. The van der Waals surface area contributed by atoms with E-state index in [0.717, 1.165) is 17.7 Å². The third kappa shape index (κ3) is 4.03. The second kappa shape index (κ2) is 7.18. The van der Waals surface area contributed by atoms with Crippen LogP contribution in [0.15, 0.2) is 47.6 Å². The normalized spacial score (nSPS) is 10.9. The molecule has 4 nitrogen and oxygen atoms in total. The lowest BCUT2D eigenvalue weighted by atomic mass is 10.1. The molecule has 0 aromatic heterocycles. The van der Waals surface area contributed by atoms with Crippen LogP contribution in [0.1, 0.15) is 12.5 Å². The summed E-state index contributed by atoms with van der Waals surface area (Å²) < 4.78 is 31.4. The molecule has 2 rings (SSSR count). The standard InChI is InChI=1S/C16H13F2N3O/c1-11(12-2-5-14(6-3-12)22-9-8-19)20-21-16-7-4-13(17)10-15(16)18/h2-7,10,21H,9H2,1H3/b20-11-. The van der Waals surface area contributed by atoms with Crippen molar-refractivity contribution >= 4 is 11.4 Å². The first-order chi connectivity index (χ1) is 10.6. The van der Waals surface area contributed by atoms with Gasteiger partial charge in [0, 0.05) is 6.07 Å². The first-order valence-corrected chi connectivity index (χ1v) is 6.45. The maximum absolute atomic E-state index is 13.5. The maximum Gasteiger partial charge on any atom is 0.174 e. The fourth-order valence-corrected chi connectivity index (χ4v) is 1.70. The van der Waals surface area contributed by atoms with Gasteiger partial charge < -0.3 is 4.74 Å². The molecule has 0 aliphatic rings. The van der Waals surface area contributed by atoms with E-state index in [4.69, 9.17) is 10.00 Å². The number of nitriles is 1. The Kier molecular flexibility index (Phi) is 5.04. The molecule has 22 heavy (non-hydrogen) atoms. The molecule has 2 aromatic carbocycles. The van der Waals surface area contributed by atoms with E-state index in [1.807, 2.05) is 6.07 Å². The van der Waals surface area contributed by atoms with Gasteiger partial charge in [0.15, 0.2) is 12.4 Å². The van der Waals surface area contributed by atoms with Gasteiger partial charge in [0.2, 0.25) is 0 Å². The summed E-state index contributed by atoms with van der Waals surface area (Å²) in [4.78, 5) is 0. The number of nitrogens with zero attached hydrogens (tertiary/aromatic N) is 2. The SMILES string of the molecule is C/C(=N/Nc1ccc(F)cc1F)c1ccc(OCC#N)cc1. The van der Waals surface area contributed by atoms with Crippen molar-refractivity contribution in [2.45, 2.75) is 6.92 Å². The average Bonchev–Trinajstić information content (AvgIpc) is 2.52. The molecule has 0 radical (unpaired) electrons. The zero-order valence-electron chi connectivity index (χ0n) is 11.8. The van der Waals surface area contributed by atoms with Gasteiger partial charge in [0.05, 0.1) is 11.4 Å². The van der Waals surface area contributed by atoms with Crippen molar-refractivity contribution in [3.63, 3.8) is 0 Å². The van der Waals surface area contributed by atoms with Crippen LogP contribution in [-0.2, 0) is 0 Å². The van der Waals surface area contributed by atoms with Gasteiger partial charge in [0.25, 0.3) is 0 Å². The summed E-state index contributed by atoms with van der Waals surface area (Å²) in [6, 6.07) is 12.1. The molecule has 0 fully saturated rings. The van der Waals surface area contributed by atoms with E-state index in [-0.39, 0.29) is 12.3 Å². The topological polar surface area (TPSA) is 57.4 Å². The summed E-state index contributed by atoms with van der Waals surface area (Å²) in [7, 11) is 0. The van der Waals surface area contributed by atoms with Crippen molar-refractivity contribution < 1.29 is 13.5 Å². The number of nitrogens with one attached hydrogen (secondary N) is 1. The van der Waals surface area contributed by atoms with E-state index in [1.165, 1.54) is 6.07 Å². The molecule has 0 saturated heterocycles. The van der Waals surface area contributed by atoms with E-state index >= 15 is 0 Å². The van der Waals surface area contributed by atoms with Crippen molar-refractivity contribution in [3.05, 3.63) is 59.7 Å². The van der Waals surface area contributed by atoms with Crippen LogP contribution in [0, 0.1) is 23.0 Å². The van der Waals surface area contributed by atoms with Crippen LogP contribution in [0.3, 0.4) is 0 Å². The number of benzene rings is 2. The fraction of sp³-hybridized carbons (Fsp3) is 0.125. The summed E-state index contributed by atoms with van der Waals surface area (Å²) in [5.41, 5.74) is 4.08. The van der Waals surface area contributed by atoms with E-state index in [2.05, 4.69) is 10.5 Å². The van der Waals surface area contributed by atoms with Gasteiger partial charge in [-0.05, 0) is 48.9 Å². The molecule has 0 atom stereocenters. The first kappa shape index (κ1) is 15.4. The zero-order valence-corrected chi connectivity index (χ0v) is 11.8. The molecule has 0 aliphatic heterocycles. The summed E-state index contributed by atoms with van der Waals surface area (Å²) >= 11 is 0. The van der Waals surface area contributed by atoms with Gasteiger partial charge in [-0.3, -0.25) is 5.43 Å². The second-order valence-corrected chi connectivity index (χ2v) is 4.40. The number of halogens is 2. The van der Waals surface area contributed by atoms with Crippen molar-refractivity contribution in [1.29, 1.82) is 5.26 Å². The Labute approximate surface area is 126 Å². The minimum absolute atomic E-state index is 0.0161. The van der Waals surface area contributed by atoms with Gasteiger partial charge in [0.1, 0.15) is 17.6 Å². The number of hydrogen-bond acceptors (Lipinski definition) is 4. The highest BCUT2D eigenvalue weighted by molar-refractivity contribution is 5.99. The van der Waals surface area contributed by atoms with E-state index in [1.54, 1.807) is 31.2 Å². The average molecular weight is 301 g/mol. The predicted molar refractivity (Wildman–Crippen MR) is 79.7 cm³/mol. The zero-order chi connectivity index (χ0) is 15.9. The number of ether oxygens (including phenoxy) is 1. The van der Waals surface area contributed by atoms with Gasteiger partial charge in [-0.25, -0.2) is 8.78 Å². The molecule has 0 bridgehead atoms. The highest BCUT2D eigenvalue weighted by atomic mass is 19.1. The summed E-state index contributed by atoms with van der Waals surface area (Å²) in [6.45, 7) is 1.73. The fourth-order valence-electron chi connectivity index (χ4n) is 1.70. The minimum Gasteiger partial charge on any atom is -0.479 e. The number of hydrogen-bond donors (Lipinski definition) is 1. The lowest BCUT2D eigenvalue weighted by Crippen LogP contribution is -2.01. The Balaban J connectivity index is 2.07. The van der Waals surface area contributed by atoms with E-state index in [0.29, 0.717) is 11.5 Å². The van der Waals surface area contributed by atoms with Crippen molar-refractivity contribution in [3.8, 4) is 11.8 Å². The van der Waals surface area contributed by atoms with E-state index < -0.39 is 11.6 Å². The number of rotatable bonds is 5. The monoisotopic (exact) mass is 301 g/mol. The lowest BCUT2D eigenvalue weighted by molar-refractivity contribution is 0.368. The van der Waals surface area contributed by atoms with Crippen molar-refractivity contribution in [2.75, 3.05) is 12.0 Å². The molecule has 0 aliphatic carbocycles. The highest BCUT2D eigenvalue weighted by Gasteiger charge is 2.03. The van der Waals surface area contributed by atoms with Crippen molar-refractivity contribution in [1.82, 2.24) is 0 Å². The minimum atomic E-state index is -0.711. The largest absolute Gasteiger partial charge is 0.479 e. The predicted octanol–water partition coefficient (Wildman–Crippen LogP) is 3.70. The summed E-state index contributed by atoms with van der Waals surface area (Å²) in [5, 5.41) is 12.5. The molecule has 0 unspecified atom stereocenters. The Hall–Kier alpha value is -2.94.